The molecule has 1 amide bonds. The summed E-state index contributed by atoms with van der Waals surface area (Å²) < 4.78 is 1.86. The maximum absolute atomic E-state index is 12.5. The highest BCUT2D eigenvalue weighted by Gasteiger charge is 2.31. The minimum atomic E-state index is -0.107. The lowest BCUT2D eigenvalue weighted by Crippen LogP contribution is -2.28. The second-order valence-corrected chi connectivity index (χ2v) is 8.58. The summed E-state index contributed by atoms with van der Waals surface area (Å²) in [5.41, 5.74) is 3.40. The minimum Gasteiger partial charge on any atom is -0.347 e. The van der Waals surface area contributed by atoms with Gasteiger partial charge in [-0.15, -0.1) is 5.10 Å². The molecule has 0 saturated carbocycles. The van der Waals surface area contributed by atoms with Crippen molar-refractivity contribution in [2.45, 2.75) is 31.3 Å². The highest BCUT2D eigenvalue weighted by atomic mass is 35.5. The summed E-state index contributed by atoms with van der Waals surface area (Å²) in [6, 6.07) is 28.1. The number of benzene rings is 3. The molecule has 1 aliphatic heterocycles. The first-order valence-corrected chi connectivity index (χ1v) is 11.4. The monoisotopic (exact) mass is 457 g/mol. The molecule has 4 aromatic rings. The zero-order valence-electron chi connectivity index (χ0n) is 18.0. The third-order valence-corrected chi connectivity index (χ3v) is 6.13. The standard InChI is InChI=1S/C26H24ClN5O/c27-21-14-12-20(13-15-21)23-17-22(19-9-5-2-6-10-19)28-26-30-25(31-32(23)26)29-24(33)16-11-18-7-3-1-4-8-18/h1-10,12-15,22-23H,11,16-17H2,(H2,28,29,30,31,33). The van der Waals surface area contributed by atoms with Crippen LogP contribution in [0.3, 0.4) is 0 Å². The van der Waals surface area contributed by atoms with Crippen LogP contribution in [0, 0.1) is 0 Å². The number of amides is 1. The predicted molar refractivity (Wildman–Crippen MR) is 130 cm³/mol. The van der Waals surface area contributed by atoms with Crippen molar-refractivity contribution in [1.82, 2.24) is 14.8 Å². The van der Waals surface area contributed by atoms with Crippen LogP contribution in [0.2, 0.25) is 5.02 Å². The molecule has 0 aliphatic carbocycles. The van der Waals surface area contributed by atoms with Gasteiger partial charge in [0.05, 0.1) is 12.1 Å². The van der Waals surface area contributed by atoms with E-state index in [4.69, 9.17) is 11.6 Å². The van der Waals surface area contributed by atoms with Crippen molar-refractivity contribution in [2.75, 3.05) is 10.6 Å². The maximum Gasteiger partial charge on any atom is 0.250 e. The molecule has 1 aromatic heterocycles. The lowest BCUT2D eigenvalue weighted by molar-refractivity contribution is -0.116. The van der Waals surface area contributed by atoms with Gasteiger partial charge in [0.2, 0.25) is 11.9 Å². The molecule has 1 aliphatic rings. The normalized spacial score (nSPS) is 17.1. The number of carbonyl (C=O) groups excluding carboxylic acids is 1. The molecular formula is C26H24ClN5O. The number of nitrogens with zero attached hydrogens (tertiary/aromatic N) is 3. The van der Waals surface area contributed by atoms with Gasteiger partial charge in [0.15, 0.2) is 0 Å². The molecule has 0 saturated heterocycles. The Labute approximate surface area is 197 Å². The molecule has 0 radical (unpaired) electrons. The van der Waals surface area contributed by atoms with E-state index in [2.05, 4.69) is 32.8 Å². The minimum absolute atomic E-state index is 0.0359. The molecular weight excluding hydrogens is 434 g/mol. The first-order valence-electron chi connectivity index (χ1n) is 11.0. The Morgan fingerprint density at radius 2 is 1.67 bits per heavy atom. The molecule has 2 atom stereocenters. The quantitative estimate of drug-likeness (QED) is 0.392. The van der Waals surface area contributed by atoms with E-state index in [0.717, 1.165) is 17.5 Å². The van der Waals surface area contributed by atoms with E-state index >= 15 is 0 Å². The van der Waals surface area contributed by atoms with E-state index in [1.165, 1.54) is 5.56 Å². The van der Waals surface area contributed by atoms with Gasteiger partial charge in [-0.3, -0.25) is 10.1 Å². The number of anilines is 2. The second-order valence-electron chi connectivity index (χ2n) is 8.15. The van der Waals surface area contributed by atoms with Crippen LogP contribution in [0.25, 0.3) is 0 Å². The summed E-state index contributed by atoms with van der Waals surface area (Å²) in [4.78, 5) is 17.1. The fourth-order valence-electron chi connectivity index (χ4n) is 4.19. The van der Waals surface area contributed by atoms with Gasteiger partial charge in [-0.25, -0.2) is 4.68 Å². The first kappa shape index (κ1) is 21.2. The van der Waals surface area contributed by atoms with Gasteiger partial charge in [0.25, 0.3) is 5.95 Å². The SMILES string of the molecule is O=C(CCc1ccccc1)Nc1nc2n(n1)C(c1ccc(Cl)cc1)CC(c1ccccc1)N2. The molecule has 3 aromatic carbocycles. The summed E-state index contributed by atoms with van der Waals surface area (Å²) in [5.74, 6) is 0.834. The van der Waals surface area contributed by atoms with Gasteiger partial charge in [-0.05, 0) is 41.7 Å². The van der Waals surface area contributed by atoms with Crippen molar-refractivity contribution < 1.29 is 4.79 Å². The molecule has 6 nitrogen and oxygen atoms in total. The van der Waals surface area contributed by atoms with Crippen LogP contribution < -0.4 is 10.6 Å². The fourth-order valence-corrected chi connectivity index (χ4v) is 4.31. The van der Waals surface area contributed by atoms with Crippen LogP contribution in [0.15, 0.2) is 84.9 Å². The largest absolute Gasteiger partial charge is 0.347 e. The Hall–Kier alpha value is -3.64. The predicted octanol–water partition coefficient (Wildman–Crippen LogP) is 5.65. The first-order chi connectivity index (χ1) is 16.2. The molecule has 0 fully saturated rings. The van der Waals surface area contributed by atoms with E-state index in [-0.39, 0.29) is 18.0 Å². The van der Waals surface area contributed by atoms with Crippen molar-refractivity contribution in [1.29, 1.82) is 0 Å². The summed E-state index contributed by atoms with van der Waals surface area (Å²) in [6.45, 7) is 0. The summed E-state index contributed by atoms with van der Waals surface area (Å²) in [6.07, 6.45) is 1.83. The van der Waals surface area contributed by atoms with Crippen molar-refractivity contribution in [3.05, 3.63) is 107 Å². The van der Waals surface area contributed by atoms with Gasteiger partial charge in [-0.2, -0.15) is 4.98 Å². The van der Waals surface area contributed by atoms with Crippen LogP contribution in [0.4, 0.5) is 11.9 Å². The lowest BCUT2D eigenvalue weighted by atomic mass is 9.93. The van der Waals surface area contributed by atoms with Gasteiger partial charge in [0, 0.05) is 11.4 Å². The maximum atomic E-state index is 12.5. The van der Waals surface area contributed by atoms with E-state index in [0.29, 0.717) is 29.8 Å². The number of hydrogen-bond donors (Lipinski definition) is 2. The van der Waals surface area contributed by atoms with E-state index in [1.54, 1.807) is 0 Å². The van der Waals surface area contributed by atoms with Crippen LogP contribution in [0.5, 0.6) is 0 Å². The number of halogens is 1. The van der Waals surface area contributed by atoms with E-state index in [1.807, 2.05) is 77.5 Å². The molecule has 33 heavy (non-hydrogen) atoms. The molecule has 2 heterocycles. The Morgan fingerprint density at radius 3 is 2.39 bits per heavy atom. The molecule has 2 N–H and O–H groups in total. The topological polar surface area (TPSA) is 71.8 Å². The summed E-state index contributed by atoms with van der Waals surface area (Å²) in [5, 5.41) is 11.7. The highest BCUT2D eigenvalue weighted by Crippen LogP contribution is 2.38. The summed E-state index contributed by atoms with van der Waals surface area (Å²) >= 11 is 6.12. The van der Waals surface area contributed by atoms with Crippen molar-refractivity contribution in [3.8, 4) is 0 Å². The number of aromatic nitrogens is 3. The second kappa shape index (κ2) is 9.46. The zero-order chi connectivity index (χ0) is 22.6. The number of nitrogens with one attached hydrogen (secondary N) is 2. The summed E-state index contributed by atoms with van der Waals surface area (Å²) in [7, 11) is 0. The van der Waals surface area contributed by atoms with Crippen LogP contribution in [0.1, 0.15) is 41.6 Å². The molecule has 0 spiro atoms. The number of rotatable bonds is 6. The lowest BCUT2D eigenvalue weighted by Gasteiger charge is -2.31. The number of fused-ring (bicyclic) bond motifs is 1. The van der Waals surface area contributed by atoms with Gasteiger partial charge in [0.1, 0.15) is 0 Å². The molecule has 5 rings (SSSR count). The molecule has 2 unspecified atom stereocenters. The van der Waals surface area contributed by atoms with Gasteiger partial charge < -0.3 is 5.32 Å². The smallest absolute Gasteiger partial charge is 0.250 e. The van der Waals surface area contributed by atoms with E-state index in [9.17, 15) is 4.79 Å². The number of hydrogen-bond acceptors (Lipinski definition) is 4. The van der Waals surface area contributed by atoms with Gasteiger partial charge in [-0.1, -0.05) is 84.4 Å². The molecule has 7 heteroatoms. The highest BCUT2D eigenvalue weighted by molar-refractivity contribution is 6.30. The number of aryl methyl sites for hydroxylation is 1. The van der Waals surface area contributed by atoms with Crippen LogP contribution in [-0.2, 0) is 11.2 Å². The fraction of sp³-hybridized carbons (Fsp3) is 0.192. The molecule has 166 valence electrons. The third kappa shape index (κ3) is 4.91. The van der Waals surface area contributed by atoms with Crippen LogP contribution in [-0.4, -0.2) is 20.7 Å². The number of carbonyl (C=O) groups is 1. The van der Waals surface area contributed by atoms with Crippen LogP contribution >= 0.6 is 11.6 Å². The third-order valence-electron chi connectivity index (χ3n) is 5.88. The average molecular weight is 458 g/mol. The van der Waals surface area contributed by atoms with Crippen molar-refractivity contribution >= 4 is 29.4 Å². The zero-order valence-corrected chi connectivity index (χ0v) is 18.7. The Morgan fingerprint density at radius 1 is 0.970 bits per heavy atom. The molecule has 0 bridgehead atoms. The van der Waals surface area contributed by atoms with Crippen molar-refractivity contribution in [3.63, 3.8) is 0 Å². The van der Waals surface area contributed by atoms with E-state index < -0.39 is 0 Å². The Bertz CT molecular complexity index is 1220. The Balaban J connectivity index is 1.38. The van der Waals surface area contributed by atoms with Crippen molar-refractivity contribution in [2.24, 2.45) is 0 Å². The Kier molecular flexibility index (Phi) is 6.09. The average Bonchev–Trinajstić information content (AvgIpc) is 3.26. The van der Waals surface area contributed by atoms with Gasteiger partial charge >= 0.3 is 0 Å².